The molecule has 0 aliphatic heterocycles. The molecule has 0 atom stereocenters. The predicted molar refractivity (Wildman–Crippen MR) is 118 cm³/mol. The van der Waals surface area contributed by atoms with Crippen LogP contribution in [-0.2, 0) is 19.3 Å². The molecule has 0 saturated heterocycles. The Labute approximate surface area is 234 Å². The number of hydrogen-bond acceptors (Lipinski definition) is 0. The number of hydrogen-bond donors (Lipinski definition) is 0. The molecule has 3 aromatic carbocycles. The average molecular weight is 428 g/mol. The molecular formula is C27H24Ar2. The molecule has 0 spiro atoms. The average Bonchev–Trinajstić information content (AvgIpc) is 3.48. The molecule has 0 bridgehead atoms. The zero-order valence-electron chi connectivity index (χ0n) is 16.2. The first kappa shape index (κ1) is 24.7. The minimum Gasteiger partial charge on any atom is -0.0795 e. The molecule has 3 aromatic rings. The summed E-state index contributed by atoms with van der Waals surface area (Å²) in [5, 5.41) is 0. The van der Waals surface area contributed by atoms with Crippen molar-refractivity contribution in [1.82, 2.24) is 0 Å². The standard InChI is InChI=1S/3C9H8.2Ar/c3*1-2-5-9-7-3-6-8(9)4-1;;/h3*1-6H,7H2;;. The van der Waals surface area contributed by atoms with Gasteiger partial charge in [-0.25, -0.2) is 0 Å². The summed E-state index contributed by atoms with van der Waals surface area (Å²) in [7, 11) is 0. The predicted octanol–water partition coefficient (Wildman–Crippen LogP) is 6.77. The van der Waals surface area contributed by atoms with Crippen molar-refractivity contribution in [3.63, 3.8) is 0 Å². The van der Waals surface area contributed by atoms with Crippen molar-refractivity contribution < 1.29 is 75.5 Å². The maximum atomic E-state index is 2.20. The summed E-state index contributed by atoms with van der Waals surface area (Å²) >= 11 is 0. The van der Waals surface area contributed by atoms with Gasteiger partial charge in [0.05, 0.1) is 0 Å². The van der Waals surface area contributed by atoms with Gasteiger partial charge in [-0.2, -0.15) is 0 Å². The van der Waals surface area contributed by atoms with Crippen molar-refractivity contribution >= 4 is 18.2 Å². The van der Waals surface area contributed by atoms with E-state index < -0.39 is 0 Å². The van der Waals surface area contributed by atoms with Gasteiger partial charge in [0.2, 0.25) is 0 Å². The van der Waals surface area contributed by atoms with E-state index in [0.717, 1.165) is 19.3 Å². The topological polar surface area (TPSA) is 0 Å². The van der Waals surface area contributed by atoms with Crippen LogP contribution in [0, 0.1) is 75.5 Å². The van der Waals surface area contributed by atoms with E-state index in [9.17, 15) is 0 Å². The van der Waals surface area contributed by atoms with E-state index in [1.165, 1.54) is 33.4 Å². The Hall–Kier alpha value is -0.601. The molecule has 0 saturated carbocycles. The molecule has 0 amide bonds. The summed E-state index contributed by atoms with van der Waals surface area (Å²) < 4.78 is 0. The Morgan fingerprint density at radius 3 is 0.931 bits per heavy atom. The monoisotopic (exact) mass is 428 g/mol. The molecule has 148 valence electrons. The SMILES string of the molecule is C1=Cc2ccccc2C1.C1=Cc2ccccc2C1.C1=Cc2ccccc2C1.[Ar].[Ar]. The van der Waals surface area contributed by atoms with Crippen LogP contribution in [0.25, 0.3) is 18.2 Å². The van der Waals surface area contributed by atoms with E-state index >= 15 is 0 Å². The van der Waals surface area contributed by atoms with Crippen LogP contribution in [0.4, 0.5) is 0 Å². The van der Waals surface area contributed by atoms with Crippen LogP contribution in [-0.4, -0.2) is 0 Å². The van der Waals surface area contributed by atoms with Crippen LogP contribution < -0.4 is 0 Å². The minimum absolute atomic E-state index is 0. The first-order chi connectivity index (χ1) is 13.4. The maximum absolute atomic E-state index is 2.20. The molecule has 0 aromatic heterocycles. The van der Waals surface area contributed by atoms with Crippen molar-refractivity contribution in [3.05, 3.63) is 124 Å². The van der Waals surface area contributed by atoms with Crippen LogP contribution in [0.2, 0.25) is 0 Å². The van der Waals surface area contributed by atoms with Crippen molar-refractivity contribution in [1.29, 1.82) is 0 Å². The van der Waals surface area contributed by atoms with Gasteiger partial charge in [-0.05, 0) is 52.6 Å². The van der Waals surface area contributed by atoms with Crippen molar-refractivity contribution in [3.8, 4) is 0 Å². The second-order valence-electron chi connectivity index (χ2n) is 6.92. The van der Waals surface area contributed by atoms with Gasteiger partial charge in [-0.1, -0.05) is 109 Å². The van der Waals surface area contributed by atoms with Gasteiger partial charge in [0, 0.05) is 75.5 Å². The Kier molecular flexibility index (Phi) is 11.0. The van der Waals surface area contributed by atoms with Gasteiger partial charge in [-0.15, -0.1) is 0 Å². The molecular weight excluding hydrogens is 404 g/mol. The van der Waals surface area contributed by atoms with Crippen LogP contribution in [0.5, 0.6) is 0 Å². The third-order valence-electron chi connectivity index (χ3n) is 5.07. The summed E-state index contributed by atoms with van der Waals surface area (Å²) in [5.74, 6) is 0. The Morgan fingerprint density at radius 1 is 0.379 bits per heavy atom. The summed E-state index contributed by atoms with van der Waals surface area (Å²) in [6, 6.07) is 25.5. The van der Waals surface area contributed by atoms with Crippen molar-refractivity contribution in [2.75, 3.05) is 0 Å². The van der Waals surface area contributed by atoms with Gasteiger partial charge in [0.25, 0.3) is 0 Å². The molecule has 0 N–H and O–H groups in total. The Bertz CT molecular complexity index is 880. The fourth-order valence-electron chi connectivity index (χ4n) is 3.59. The maximum Gasteiger partial charge on any atom is 0 e. The molecule has 2 heteroatoms. The fraction of sp³-hybridized carbons (Fsp3) is 0.111. The summed E-state index contributed by atoms with van der Waals surface area (Å²) in [4.78, 5) is 0. The van der Waals surface area contributed by atoms with E-state index in [4.69, 9.17) is 0 Å². The third-order valence-corrected chi connectivity index (χ3v) is 5.07. The van der Waals surface area contributed by atoms with E-state index in [1.54, 1.807) is 0 Å². The van der Waals surface area contributed by atoms with Gasteiger partial charge < -0.3 is 0 Å². The van der Waals surface area contributed by atoms with Crippen LogP contribution in [0.1, 0.15) is 33.4 Å². The second kappa shape index (κ2) is 13.0. The molecule has 0 heterocycles. The zero-order chi connectivity index (χ0) is 18.3. The molecule has 3 aliphatic rings. The smallest absolute Gasteiger partial charge is 0 e. The van der Waals surface area contributed by atoms with Crippen LogP contribution in [0.3, 0.4) is 0 Å². The van der Waals surface area contributed by atoms with E-state index in [1.807, 2.05) is 0 Å². The molecule has 0 fully saturated rings. The molecule has 0 nitrogen and oxygen atoms in total. The molecule has 6 rings (SSSR count). The van der Waals surface area contributed by atoms with Gasteiger partial charge in [0.1, 0.15) is 0 Å². The fourth-order valence-corrected chi connectivity index (χ4v) is 3.59. The second-order valence-corrected chi connectivity index (χ2v) is 6.92. The van der Waals surface area contributed by atoms with Gasteiger partial charge in [0.15, 0.2) is 0 Å². The quantitative estimate of drug-likeness (QED) is 0.371. The number of allylic oxidation sites excluding steroid dienone is 3. The minimum atomic E-state index is 0. The normalized spacial score (nSPS) is 12.8. The van der Waals surface area contributed by atoms with Crippen molar-refractivity contribution in [2.45, 2.75) is 19.3 Å². The molecule has 0 radical (unpaired) electrons. The zero-order valence-corrected chi connectivity index (χ0v) is 17.6. The molecule has 29 heavy (non-hydrogen) atoms. The molecule has 3 aliphatic carbocycles. The van der Waals surface area contributed by atoms with E-state index in [2.05, 4.69) is 109 Å². The summed E-state index contributed by atoms with van der Waals surface area (Å²) in [5.41, 5.74) is 8.53. The summed E-state index contributed by atoms with van der Waals surface area (Å²) in [6.45, 7) is 0. The Morgan fingerprint density at radius 2 is 0.655 bits per heavy atom. The van der Waals surface area contributed by atoms with Gasteiger partial charge in [-0.3, -0.25) is 0 Å². The van der Waals surface area contributed by atoms with Gasteiger partial charge >= 0.3 is 0 Å². The van der Waals surface area contributed by atoms with Crippen LogP contribution >= 0.6 is 0 Å². The van der Waals surface area contributed by atoms with Crippen LogP contribution in [0.15, 0.2) is 91.0 Å². The third kappa shape index (κ3) is 6.96. The number of rotatable bonds is 0. The largest absolute Gasteiger partial charge is 0.0795 e. The first-order valence-corrected chi connectivity index (χ1v) is 9.63. The van der Waals surface area contributed by atoms with Crippen molar-refractivity contribution in [2.24, 2.45) is 0 Å². The number of fused-ring (bicyclic) bond motifs is 3. The molecule has 0 unspecified atom stereocenters. The van der Waals surface area contributed by atoms with E-state index in [0.29, 0.717) is 0 Å². The Balaban J connectivity index is 0.000000150. The number of benzene rings is 3. The first-order valence-electron chi connectivity index (χ1n) is 9.63. The summed E-state index contributed by atoms with van der Waals surface area (Å²) in [6.07, 6.45) is 16.5. The van der Waals surface area contributed by atoms with E-state index in [-0.39, 0.29) is 75.5 Å².